The Morgan fingerprint density at radius 2 is 1.58 bits per heavy atom. The molecule has 3 aromatic carbocycles. The fourth-order valence-corrected chi connectivity index (χ4v) is 2.29. The van der Waals surface area contributed by atoms with Crippen LogP contribution in [-0.2, 0) is 0 Å². The van der Waals surface area contributed by atoms with Gasteiger partial charge in [-0.25, -0.2) is 0 Å². The van der Waals surface area contributed by atoms with Gasteiger partial charge in [0.2, 0.25) is 0 Å². The van der Waals surface area contributed by atoms with E-state index in [1.807, 2.05) is 42.5 Å². The van der Waals surface area contributed by atoms with Crippen LogP contribution in [-0.4, -0.2) is 11.4 Å². The molecule has 3 rings (SSSR count). The van der Waals surface area contributed by atoms with Crippen molar-refractivity contribution in [1.29, 1.82) is 0 Å². The number of phenolic OH excluding ortho intramolecular Hbond substituents is 1. The number of benzene rings is 3. The predicted molar refractivity (Wildman–Crippen MR) is 76.4 cm³/mol. The van der Waals surface area contributed by atoms with Gasteiger partial charge in [-0.15, -0.1) is 0 Å². The maximum Gasteiger partial charge on any atom is 0.150 e. The van der Waals surface area contributed by atoms with Crippen molar-refractivity contribution in [3.63, 3.8) is 0 Å². The van der Waals surface area contributed by atoms with Gasteiger partial charge in [0, 0.05) is 11.1 Å². The van der Waals surface area contributed by atoms with Gasteiger partial charge in [-0.2, -0.15) is 0 Å². The summed E-state index contributed by atoms with van der Waals surface area (Å²) in [4.78, 5) is 10.7. The number of hydrogen-bond acceptors (Lipinski definition) is 2. The summed E-state index contributed by atoms with van der Waals surface area (Å²) in [6.07, 6.45) is 0.812. The smallest absolute Gasteiger partial charge is 0.150 e. The van der Waals surface area contributed by atoms with Gasteiger partial charge in [-0.05, 0) is 22.4 Å². The third-order valence-electron chi connectivity index (χ3n) is 3.24. The zero-order chi connectivity index (χ0) is 13.2. The van der Waals surface area contributed by atoms with Crippen molar-refractivity contribution in [3.05, 3.63) is 66.2 Å². The lowest BCUT2D eigenvalue weighted by Gasteiger charge is -2.09. The van der Waals surface area contributed by atoms with Crippen molar-refractivity contribution in [3.8, 4) is 16.9 Å². The highest BCUT2D eigenvalue weighted by atomic mass is 16.3. The lowest BCUT2D eigenvalue weighted by molar-refractivity contribution is 0.112. The Balaban J connectivity index is 2.28. The van der Waals surface area contributed by atoms with Gasteiger partial charge in [-0.3, -0.25) is 4.79 Å². The summed E-state index contributed by atoms with van der Waals surface area (Å²) in [6, 6.07) is 18.7. The molecule has 0 unspecified atom stereocenters. The van der Waals surface area contributed by atoms with Crippen molar-refractivity contribution in [2.24, 2.45) is 0 Å². The lowest BCUT2D eigenvalue weighted by Crippen LogP contribution is -1.84. The van der Waals surface area contributed by atoms with Crippen LogP contribution in [0.3, 0.4) is 0 Å². The molecule has 0 radical (unpaired) electrons. The Morgan fingerprint density at radius 1 is 0.842 bits per heavy atom. The largest absolute Gasteiger partial charge is 0.507 e. The quantitative estimate of drug-likeness (QED) is 0.695. The van der Waals surface area contributed by atoms with Gasteiger partial charge in [-0.1, -0.05) is 54.6 Å². The van der Waals surface area contributed by atoms with E-state index in [-0.39, 0.29) is 5.75 Å². The molecule has 0 amide bonds. The molecule has 2 heteroatoms. The summed E-state index contributed by atoms with van der Waals surface area (Å²) in [5, 5.41) is 12.2. The first-order valence-electron chi connectivity index (χ1n) is 6.06. The van der Waals surface area contributed by atoms with E-state index < -0.39 is 0 Å². The van der Waals surface area contributed by atoms with Crippen LogP contribution in [0, 0.1) is 0 Å². The monoisotopic (exact) mass is 248 g/mol. The lowest BCUT2D eigenvalue weighted by atomic mass is 9.96. The molecule has 0 atom stereocenters. The molecular formula is C17H12O2. The highest BCUT2D eigenvalue weighted by Crippen LogP contribution is 2.36. The number of fused-ring (bicyclic) bond motifs is 1. The zero-order valence-electron chi connectivity index (χ0n) is 10.2. The first kappa shape index (κ1) is 11.5. The molecule has 0 aliphatic heterocycles. The molecule has 0 saturated carbocycles. The van der Waals surface area contributed by atoms with Crippen LogP contribution in [0.15, 0.2) is 60.7 Å². The molecule has 0 heterocycles. The second kappa shape index (κ2) is 4.58. The van der Waals surface area contributed by atoms with Crippen LogP contribution in [0.25, 0.3) is 21.9 Å². The zero-order valence-corrected chi connectivity index (χ0v) is 10.2. The molecule has 0 aliphatic carbocycles. The van der Waals surface area contributed by atoms with E-state index in [0.717, 1.165) is 28.2 Å². The highest BCUT2D eigenvalue weighted by Gasteiger charge is 2.08. The molecule has 0 aliphatic rings. The number of aromatic hydroxyl groups is 1. The fraction of sp³-hybridized carbons (Fsp3) is 0. The van der Waals surface area contributed by atoms with Crippen LogP contribution < -0.4 is 0 Å². The molecule has 3 aromatic rings. The predicted octanol–water partition coefficient (Wildman–Crippen LogP) is 4.02. The van der Waals surface area contributed by atoms with Crippen molar-refractivity contribution >= 4 is 17.1 Å². The van der Waals surface area contributed by atoms with Crippen molar-refractivity contribution in [2.75, 3.05) is 0 Å². The Hall–Kier alpha value is -2.61. The van der Waals surface area contributed by atoms with Gasteiger partial charge in [0.15, 0.2) is 0 Å². The normalized spacial score (nSPS) is 10.5. The minimum atomic E-state index is 0.248. The molecule has 1 N–H and O–H groups in total. The number of hydrogen-bond donors (Lipinski definition) is 1. The molecule has 0 bridgehead atoms. The molecule has 92 valence electrons. The Kier molecular flexibility index (Phi) is 2.76. The summed E-state index contributed by atoms with van der Waals surface area (Å²) in [5.41, 5.74) is 2.33. The standard InChI is InChI=1S/C17H12O2/c18-11-12-5-7-14(8-6-12)17-15-4-2-1-3-13(15)9-10-16(17)19/h1-11,19H. The van der Waals surface area contributed by atoms with E-state index in [2.05, 4.69) is 0 Å². The fourth-order valence-electron chi connectivity index (χ4n) is 2.29. The summed E-state index contributed by atoms with van der Waals surface area (Å²) < 4.78 is 0. The topological polar surface area (TPSA) is 37.3 Å². The summed E-state index contributed by atoms with van der Waals surface area (Å²) in [6.45, 7) is 0. The van der Waals surface area contributed by atoms with Crippen LogP contribution >= 0.6 is 0 Å². The second-order valence-corrected chi connectivity index (χ2v) is 4.42. The molecule has 0 spiro atoms. The van der Waals surface area contributed by atoms with Gasteiger partial charge in [0.05, 0.1) is 0 Å². The van der Waals surface area contributed by atoms with E-state index in [1.165, 1.54) is 0 Å². The Labute approximate surface area is 110 Å². The van der Waals surface area contributed by atoms with Crippen molar-refractivity contribution in [2.45, 2.75) is 0 Å². The second-order valence-electron chi connectivity index (χ2n) is 4.42. The van der Waals surface area contributed by atoms with E-state index in [4.69, 9.17) is 0 Å². The van der Waals surface area contributed by atoms with Crippen LogP contribution in [0.5, 0.6) is 5.75 Å². The number of carbonyl (C=O) groups excluding carboxylic acids is 1. The average Bonchev–Trinajstić information content (AvgIpc) is 2.47. The van der Waals surface area contributed by atoms with Gasteiger partial charge >= 0.3 is 0 Å². The first-order chi connectivity index (χ1) is 9.29. The summed E-state index contributed by atoms with van der Waals surface area (Å²) in [7, 11) is 0. The SMILES string of the molecule is O=Cc1ccc(-c2c(O)ccc3ccccc23)cc1. The van der Waals surface area contributed by atoms with Gasteiger partial charge in [0.1, 0.15) is 12.0 Å². The average molecular weight is 248 g/mol. The minimum Gasteiger partial charge on any atom is -0.507 e. The third kappa shape index (κ3) is 1.97. The Morgan fingerprint density at radius 3 is 2.32 bits per heavy atom. The number of carbonyl (C=O) groups is 1. The van der Waals surface area contributed by atoms with Crippen molar-refractivity contribution in [1.82, 2.24) is 0 Å². The maximum absolute atomic E-state index is 10.7. The van der Waals surface area contributed by atoms with E-state index in [9.17, 15) is 9.90 Å². The van der Waals surface area contributed by atoms with Gasteiger partial charge < -0.3 is 5.11 Å². The summed E-state index contributed by atoms with van der Waals surface area (Å²) in [5.74, 6) is 0.248. The summed E-state index contributed by atoms with van der Waals surface area (Å²) >= 11 is 0. The van der Waals surface area contributed by atoms with Crippen LogP contribution in [0.1, 0.15) is 10.4 Å². The van der Waals surface area contributed by atoms with E-state index >= 15 is 0 Å². The molecule has 19 heavy (non-hydrogen) atoms. The van der Waals surface area contributed by atoms with E-state index in [1.54, 1.807) is 18.2 Å². The molecular weight excluding hydrogens is 236 g/mol. The Bertz CT molecular complexity index is 743. The number of rotatable bonds is 2. The molecule has 0 saturated heterocycles. The number of aldehydes is 1. The highest BCUT2D eigenvalue weighted by molar-refractivity contribution is 5.99. The third-order valence-corrected chi connectivity index (χ3v) is 3.24. The maximum atomic E-state index is 10.7. The molecule has 0 aromatic heterocycles. The molecule has 0 fully saturated rings. The van der Waals surface area contributed by atoms with Crippen LogP contribution in [0.4, 0.5) is 0 Å². The van der Waals surface area contributed by atoms with Crippen molar-refractivity contribution < 1.29 is 9.90 Å². The van der Waals surface area contributed by atoms with Crippen LogP contribution in [0.2, 0.25) is 0 Å². The minimum absolute atomic E-state index is 0.248. The van der Waals surface area contributed by atoms with E-state index in [0.29, 0.717) is 5.56 Å². The van der Waals surface area contributed by atoms with Gasteiger partial charge in [0.25, 0.3) is 0 Å². The molecule has 2 nitrogen and oxygen atoms in total. The first-order valence-corrected chi connectivity index (χ1v) is 6.06. The number of phenols is 1.